The van der Waals surface area contributed by atoms with Gasteiger partial charge in [0.05, 0.1) is 22.3 Å². The zero-order chi connectivity index (χ0) is 15.9. The van der Waals surface area contributed by atoms with E-state index in [9.17, 15) is 4.79 Å². The highest BCUT2D eigenvalue weighted by Crippen LogP contribution is 2.34. The number of hydrogen-bond acceptors (Lipinski definition) is 4. The summed E-state index contributed by atoms with van der Waals surface area (Å²) in [6, 6.07) is 5.04. The average molecular weight is 342 g/mol. The van der Waals surface area contributed by atoms with Gasteiger partial charge in [0.2, 0.25) is 0 Å². The van der Waals surface area contributed by atoms with E-state index in [1.54, 1.807) is 12.1 Å². The van der Waals surface area contributed by atoms with Gasteiger partial charge < -0.3 is 9.26 Å². The number of carbonyl (C=O) groups excluding carboxylic acids is 1. The topological polar surface area (TPSA) is 52.3 Å². The number of rotatable bonds is 8. The summed E-state index contributed by atoms with van der Waals surface area (Å²) in [6.07, 6.45) is 4.46. The van der Waals surface area contributed by atoms with Crippen LogP contribution in [0.25, 0.3) is 0 Å². The second kappa shape index (κ2) is 8.20. The molecule has 1 heterocycles. The Hall–Kier alpha value is -1.52. The minimum Gasteiger partial charge on any atom is -0.490 e. The summed E-state index contributed by atoms with van der Waals surface area (Å²) in [5, 5.41) is 4.56. The Bertz CT molecular complexity index is 617. The van der Waals surface area contributed by atoms with Crippen LogP contribution in [0.5, 0.6) is 5.75 Å². The fraction of sp³-hybridized carbons (Fsp3) is 0.375. The van der Waals surface area contributed by atoms with Crippen LogP contribution in [0.15, 0.2) is 22.7 Å². The van der Waals surface area contributed by atoms with Gasteiger partial charge in [0.1, 0.15) is 12.0 Å². The van der Waals surface area contributed by atoms with E-state index in [2.05, 4.69) is 5.16 Å². The molecule has 2 aromatic rings. The smallest absolute Gasteiger partial charge is 0.156 e. The molecule has 0 N–H and O–H groups in total. The maximum atomic E-state index is 10.7. The largest absolute Gasteiger partial charge is 0.490 e. The first kappa shape index (κ1) is 16.8. The Labute approximate surface area is 139 Å². The molecule has 22 heavy (non-hydrogen) atoms. The van der Waals surface area contributed by atoms with Gasteiger partial charge in [0, 0.05) is 18.1 Å². The number of hydrogen-bond donors (Lipinski definition) is 0. The van der Waals surface area contributed by atoms with Gasteiger partial charge in [-0.1, -0.05) is 28.4 Å². The molecule has 4 nitrogen and oxygen atoms in total. The van der Waals surface area contributed by atoms with Gasteiger partial charge in [-0.3, -0.25) is 4.79 Å². The molecule has 0 atom stereocenters. The maximum Gasteiger partial charge on any atom is 0.156 e. The van der Waals surface area contributed by atoms with E-state index in [4.69, 9.17) is 32.5 Å². The Morgan fingerprint density at radius 1 is 1.18 bits per heavy atom. The van der Waals surface area contributed by atoms with E-state index in [0.29, 0.717) is 34.3 Å². The Morgan fingerprint density at radius 3 is 2.50 bits per heavy atom. The lowest BCUT2D eigenvalue weighted by molar-refractivity contribution is 0.112. The highest BCUT2D eigenvalue weighted by molar-refractivity contribution is 6.37. The van der Waals surface area contributed by atoms with Crippen molar-refractivity contribution in [1.82, 2.24) is 5.16 Å². The molecule has 0 unspecified atom stereocenters. The quantitative estimate of drug-likeness (QED) is 0.506. The molecule has 0 aliphatic rings. The minimum atomic E-state index is 0.353. The molecule has 0 saturated heterocycles. The zero-order valence-corrected chi connectivity index (χ0v) is 13.8. The van der Waals surface area contributed by atoms with Crippen molar-refractivity contribution in [2.45, 2.75) is 32.6 Å². The SMILES string of the molecule is Cc1cc(CCCCCOc2c(Cl)cc(C=O)cc2Cl)on1. The molecule has 0 radical (unpaired) electrons. The highest BCUT2D eigenvalue weighted by atomic mass is 35.5. The van der Waals surface area contributed by atoms with E-state index < -0.39 is 0 Å². The first-order valence-corrected chi connectivity index (χ1v) is 7.85. The molecule has 0 saturated carbocycles. The molecule has 2 rings (SSSR count). The van der Waals surface area contributed by atoms with E-state index in [0.717, 1.165) is 37.1 Å². The van der Waals surface area contributed by atoms with Crippen LogP contribution in [-0.2, 0) is 6.42 Å². The monoisotopic (exact) mass is 341 g/mol. The average Bonchev–Trinajstić information content (AvgIpc) is 2.90. The zero-order valence-electron chi connectivity index (χ0n) is 12.3. The summed E-state index contributed by atoms with van der Waals surface area (Å²) in [6.45, 7) is 2.43. The number of aldehydes is 1. The van der Waals surface area contributed by atoms with Crippen LogP contribution in [-0.4, -0.2) is 18.0 Å². The molecule has 0 amide bonds. The van der Waals surface area contributed by atoms with Crippen molar-refractivity contribution in [2.24, 2.45) is 0 Å². The van der Waals surface area contributed by atoms with Gasteiger partial charge in [-0.2, -0.15) is 0 Å². The first-order chi connectivity index (χ1) is 10.6. The summed E-state index contributed by atoms with van der Waals surface area (Å²) < 4.78 is 10.8. The molecule has 0 aliphatic carbocycles. The molecule has 0 spiro atoms. The van der Waals surface area contributed by atoms with Crippen LogP contribution in [0.1, 0.15) is 41.1 Å². The van der Waals surface area contributed by atoms with Crippen molar-refractivity contribution in [3.05, 3.63) is 45.3 Å². The van der Waals surface area contributed by atoms with Crippen molar-refractivity contribution in [3.63, 3.8) is 0 Å². The summed E-state index contributed by atoms with van der Waals surface area (Å²) in [5.41, 5.74) is 1.34. The number of benzene rings is 1. The molecule has 1 aromatic heterocycles. The molecule has 0 fully saturated rings. The Kier molecular flexibility index (Phi) is 6.28. The van der Waals surface area contributed by atoms with E-state index >= 15 is 0 Å². The lowest BCUT2D eigenvalue weighted by Crippen LogP contribution is -1.99. The summed E-state index contributed by atoms with van der Waals surface area (Å²) in [5.74, 6) is 1.34. The molecule has 0 aliphatic heterocycles. The van der Waals surface area contributed by atoms with Gasteiger partial charge in [0.15, 0.2) is 5.75 Å². The second-order valence-corrected chi connectivity index (χ2v) is 5.84. The van der Waals surface area contributed by atoms with E-state index in [1.165, 1.54) is 0 Å². The third kappa shape index (κ3) is 4.75. The number of aryl methyl sites for hydroxylation is 2. The minimum absolute atomic E-state index is 0.353. The van der Waals surface area contributed by atoms with E-state index in [-0.39, 0.29) is 0 Å². The first-order valence-electron chi connectivity index (χ1n) is 7.09. The fourth-order valence-electron chi connectivity index (χ4n) is 2.07. The van der Waals surface area contributed by atoms with Crippen molar-refractivity contribution in [3.8, 4) is 5.75 Å². The fourth-order valence-corrected chi connectivity index (χ4v) is 2.68. The number of ether oxygens (including phenoxy) is 1. The molecule has 118 valence electrons. The summed E-state index contributed by atoms with van der Waals surface area (Å²) in [7, 11) is 0. The standard InChI is InChI=1S/C16H17Cl2NO3/c1-11-7-13(22-19-11)5-3-2-4-6-21-16-14(17)8-12(10-20)9-15(16)18/h7-10H,2-6H2,1H3. The van der Waals surface area contributed by atoms with Crippen molar-refractivity contribution < 1.29 is 14.1 Å². The van der Waals surface area contributed by atoms with Crippen LogP contribution in [0, 0.1) is 6.92 Å². The van der Waals surface area contributed by atoms with E-state index in [1.807, 2.05) is 13.0 Å². The van der Waals surface area contributed by atoms with Crippen molar-refractivity contribution in [1.29, 1.82) is 0 Å². The summed E-state index contributed by atoms with van der Waals surface area (Å²) >= 11 is 12.1. The molecule has 0 bridgehead atoms. The number of carbonyl (C=O) groups is 1. The van der Waals surface area contributed by atoms with Gasteiger partial charge >= 0.3 is 0 Å². The summed E-state index contributed by atoms with van der Waals surface area (Å²) in [4.78, 5) is 10.7. The maximum absolute atomic E-state index is 10.7. The van der Waals surface area contributed by atoms with Crippen LogP contribution in [0.2, 0.25) is 10.0 Å². The van der Waals surface area contributed by atoms with Crippen LogP contribution >= 0.6 is 23.2 Å². The normalized spacial score (nSPS) is 10.7. The molecular formula is C16H17Cl2NO3. The number of nitrogens with zero attached hydrogens (tertiary/aromatic N) is 1. The van der Waals surface area contributed by atoms with Gasteiger partial charge in [-0.15, -0.1) is 0 Å². The van der Waals surface area contributed by atoms with Crippen LogP contribution in [0.3, 0.4) is 0 Å². The van der Waals surface area contributed by atoms with Crippen LogP contribution in [0.4, 0.5) is 0 Å². The number of aromatic nitrogens is 1. The Balaban J connectivity index is 1.71. The third-order valence-electron chi connectivity index (χ3n) is 3.15. The molecule has 1 aromatic carbocycles. The predicted molar refractivity (Wildman–Crippen MR) is 86.1 cm³/mol. The van der Waals surface area contributed by atoms with Gasteiger partial charge in [-0.05, 0) is 38.3 Å². The molecule has 6 heteroatoms. The highest BCUT2D eigenvalue weighted by Gasteiger charge is 2.09. The van der Waals surface area contributed by atoms with Crippen molar-refractivity contribution in [2.75, 3.05) is 6.61 Å². The third-order valence-corrected chi connectivity index (χ3v) is 3.71. The predicted octanol–water partition coefficient (Wildman–Crippen LogP) is 4.89. The number of halogens is 2. The van der Waals surface area contributed by atoms with Gasteiger partial charge in [0.25, 0.3) is 0 Å². The van der Waals surface area contributed by atoms with Crippen molar-refractivity contribution >= 4 is 29.5 Å². The Morgan fingerprint density at radius 2 is 1.91 bits per heavy atom. The lowest BCUT2D eigenvalue weighted by atomic mass is 10.1. The lowest BCUT2D eigenvalue weighted by Gasteiger charge is -2.10. The van der Waals surface area contributed by atoms with Gasteiger partial charge in [-0.25, -0.2) is 0 Å². The van der Waals surface area contributed by atoms with Crippen LogP contribution < -0.4 is 4.74 Å². The molecular weight excluding hydrogens is 325 g/mol. The number of unbranched alkanes of at least 4 members (excludes halogenated alkanes) is 2. The second-order valence-electron chi connectivity index (χ2n) is 5.03.